The van der Waals surface area contributed by atoms with Gasteiger partial charge in [-0.15, -0.1) is 0 Å². The third-order valence-corrected chi connectivity index (χ3v) is 4.91. The summed E-state index contributed by atoms with van der Waals surface area (Å²) in [5.41, 5.74) is 4.17. The summed E-state index contributed by atoms with van der Waals surface area (Å²) in [4.78, 5) is 11.8. The highest BCUT2D eigenvalue weighted by molar-refractivity contribution is 5.90. The molecule has 0 bridgehead atoms. The number of carbonyl (C=O) groups excluding carboxylic acids is 1. The average Bonchev–Trinajstić information content (AvgIpc) is 3.43. The van der Waals surface area contributed by atoms with Gasteiger partial charge in [-0.05, 0) is 36.5 Å². The Balaban J connectivity index is 1.84. The number of methoxy groups -OCH3 is 1. The molecular formula is C21H21NO3. The van der Waals surface area contributed by atoms with E-state index in [-0.39, 0.29) is 0 Å². The number of aliphatic hydroxyl groups is 1. The molecule has 0 aliphatic heterocycles. The second-order valence-electron chi connectivity index (χ2n) is 6.62. The zero-order valence-corrected chi connectivity index (χ0v) is 14.2. The number of aromatic nitrogens is 1. The van der Waals surface area contributed by atoms with Crippen molar-refractivity contribution in [2.75, 3.05) is 7.11 Å². The molecule has 25 heavy (non-hydrogen) atoms. The van der Waals surface area contributed by atoms with E-state index in [1.807, 2.05) is 24.3 Å². The van der Waals surface area contributed by atoms with Gasteiger partial charge in [0.25, 0.3) is 0 Å². The Bertz CT molecular complexity index is 910. The number of nitrogens with zero attached hydrogens (tertiary/aromatic N) is 1. The Hall–Kier alpha value is -2.59. The van der Waals surface area contributed by atoms with E-state index in [0.29, 0.717) is 11.5 Å². The van der Waals surface area contributed by atoms with E-state index in [1.54, 1.807) is 6.07 Å². The van der Waals surface area contributed by atoms with Crippen LogP contribution < -0.4 is 0 Å². The normalized spacial score (nSPS) is 15.3. The minimum Gasteiger partial charge on any atom is -0.467 e. The molecule has 0 amide bonds. The predicted molar refractivity (Wildman–Crippen MR) is 96.4 cm³/mol. The molecular weight excluding hydrogens is 314 g/mol. The summed E-state index contributed by atoms with van der Waals surface area (Å²) >= 11 is 0. The Kier molecular flexibility index (Phi) is 4.06. The number of fused-ring (bicyclic) bond motifs is 1. The summed E-state index contributed by atoms with van der Waals surface area (Å²) in [6.45, 7) is 0.786. The number of aliphatic hydroxyl groups excluding tert-OH is 1. The van der Waals surface area contributed by atoms with Crippen LogP contribution in [0.4, 0.5) is 0 Å². The smallest absolute Gasteiger partial charge is 0.339 e. The summed E-state index contributed by atoms with van der Waals surface area (Å²) in [5.74, 6) is -0.0597. The lowest BCUT2D eigenvalue weighted by Gasteiger charge is -2.12. The lowest BCUT2D eigenvalue weighted by atomic mass is 10.0. The summed E-state index contributed by atoms with van der Waals surface area (Å²) in [5, 5.41) is 11.3. The molecule has 1 saturated carbocycles. The van der Waals surface area contributed by atoms with Crippen LogP contribution >= 0.6 is 0 Å². The van der Waals surface area contributed by atoms with Gasteiger partial charge in [-0.2, -0.15) is 0 Å². The molecule has 128 valence electrons. The molecule has 1 aliphatic rings. The Morgan fingerprint density at radius 2 is 1.96 bits per heavy atom. The molecule has 1 fully saturated rings. The maximum atomic E-state index is 11.8. The number of carbonyl (C=O) groups is 1. The van der Waals surface area contributed by atoms with Gasteiger partial charge in [0.2, 0.25) is 0 Å². The standard InChI is InChI=1S/C21H21NO3/c1-25-21(24)20(23)16-8-5-9-18-17(16)12-19(15-10-11-15)22(18)13-14-6-3-2-4-7-14/h2-9,12,15,20,23H,10-11,13H2,1H3. The van der Waals surface area contributed by atoms with Crippen molar-refractivity contribution in [2.24, 2.45) is 0 Å². The third-order valence-electron chi connectivity index (χ3n) is 4.91. The highest BCUT2D eigenvalue weighted by atomic mass is 16.5. The van der Waals surface area contributed by atoms with Gasteiger partial charge in [-0.1, -0.05) is 42.5 Å². The molecule has 1 atom stereocenters. The molecule has 1 unspecified atom stereocenters. The molecule has 0 radical (unpaired) electrons. The third kappa shape index (κ3) is 2.94. The first-order chi connectivity index (χ1) is 12.2. The van der Waals surface area contributed by atoms with E-state index < -0.39 is 12.1 Å². The number of ether oxygens (including phenoxy) is 1. The molecule has 1 aromatic heterocycles. The molecule has 0 spiro atoms. The number of rotatable bonds is 5. The molecule has 2 aromatic carbocycles. The van der Waals surface area contributed by atoms with Crippen molar-refractivity contribution in [3.8, 4) is 0 Å². The quantitative estimate of drug-likeness (QED) is 0.722. The summed E-state index contributed by atoms with van der Waals surface area (Å²) in [6.07, 6.45) is 1.13. The van der Waals surface area contributed by atoms with Crippen LogP contribution in [0.15, 0.2) is 54.6 Å². The first-order valence-electron chi connectivity index (χ1n) is 8.61. The van der Waals surface area contributed by atoms with Gasteiger partial charge in [0, 0.05) is 28.7 Å². The Labute approximate surface area is 146 Å². The van der Waals surface area contributed by atoms with Gasteiger partial charge in [0.1, 0.15) is 0 Å². The van der Waals surface area contributed by atoms with Crippen LogP contribution in [0.5, 0.6) is 0 Å². The van der Waals surface area contributed by atoms with Gasteiger partial charge in [0.05, 0.1) is 7.11 Å². The van der Waals surface area contributed by atoms with Gasteiger partial charge in [0.15, 0.2) is 6.10 Å². The van der Waals surface area contributed by atoms with E-state index >= 15 is 0 Å². The topological polar surface area (TPSA) is 51.5 Å². The van der Waals surface area contributed by atoms with E-state index in [0.717, 1.165) is 17.4 Å². The monoisotopic (exact) mass is 335 g/mol. The lowest BCUT2D eigenvalue weighted by molar-refractivity contribution is -0.150. The first-order valence-corrected chi connectivity index (χ1v) is 8.61. The highest BCUT2D eigenvalue weighted by Gasteiger charge is 2.29. The lowest BCUT2D eigenvalue weighted by Crippen LogP contribution is -2.13. The maximum absolute atomic E-state index is 11.8. The molecule has 1 N–H and O–H groups in total. The van der Waals surface area contributed by atoms with Crippen LogP contribution in [0.3, 0.4) is 0 Å². The van der Waals surface area contributed by atoms with Crippen LogP contribution in [0.1, 0.15) is 41.7 Å². The van der Waals surface area contributed by atoms with Crippen molar-refractivity contribution < 1.29 is 14.6 Å². The summed E-state index contributed by atoms with van der Waals surface area (Å²) < 4.78 is 7.03. The zero-order chi connectivity index (χ0) is 17.4. The fourth-order valence-electron chi connectivity index (χ4n) is 3.46. The van der Waals surface area contributed by atoms with Crippen LogP contribution in [-0.4, -0.2) is 22.8 Å². The van der Waals surface area contributed by atoms with Crippen molar-refractivity contribution in [3.05, 3.63) is 71.4 Å². The number of hydrogen-bond acceptors (Lipinski definition) is 3. The first kappa shape index (κ1) is 15.9. The fourth-order valence-corrected chi connectivity index (χ4v) is 3.46. The molecule has 4 rings (SSSR count). The molecule has 1 heterocycles. The van der Waals surface area contributed by atoms with E-state index in [1.165, 1.54) is 31.2 Å². The van der Waals surface area contributed by atoms with Gasteiger partial charge in [-0.25, -0.2) is 4.79 Å². The summed E-state index contributed by atoms with van der Waals surface area (Å²) in [7, 11) is 1.29. The number of benzene rings is 2. The van der Waals surface area contributed by atoms with Gasteiger partial charge in [-0.3, -0.25) is 0 Å². The van der Waals surface area contributed by atoms with E-state index in [2.05, 4.69) is 28.8 Å². The van der Waals surface area contributed by atoms with Crippen molar-refractivity contribution in [1.29, 1.82) is 0 Å². The van der Waals surface area contributed by atoms with Crippen molar-refractivity contribution >= 4 is 16.9 Å². The van der Waals surface area contributed by atoms with Crippen LogP contribution in [0.25, 0.3) is 10.9 Å². The fraction of sp³-hybridized carbons (Fsp3) is 0.286. The number of esters is 1. The average molecular weight is 335 g/mol. The second kappa shape index (κ2) is 6.37. The zero-order valence-electron chi connectivity index (χ0n) is 14.2. The largest absolute Gasteiger partial charge is 0.467 e. The SMILES string of the molecule is COC(=O)C(O)c1cccc2c1cc(C1CC1)n2Cc1ccccc1. The Morgan fingerprint density at radius 1 is 1.20 bits per heavy atom. The summed E-state index contributed by atoms with van der Waals surface area (Å²) in [6, 6.07) is 18.2. The van der Waals surface area contributed by atoms with E-state index in [9.17, 15) is 9.90 Å². The molecule has 0 saturated heterocycles. The van der Waals surface area contributed by atoms with Gasteiger partial charge >= 0.3 is 5.97 Å². The minimum atomic E-state index is -1.26. The number of hydrogen-bond donors (Lipinski definition) is 1. The minimum absolute atomic E-state index is 0.569. The van der Waals surface area contributed by atoms with E-state index in [4.69, 9.17) is 4.74 Å². The predicted octanol–water partition coefficient (Wildman–Crippen LogP) is 3.77. The van der Waals surface area contributed by atoms with Crippen molar-refractivity contribution in [1.82, 2.24) is 4.57 Å². The second-order valence-corrected chi connectivity index (χ2v) is 6.62. The highest BCUT2D eigenvalue weighted by Crippen LogP contribution is 2.43. The van der Waals surface area contributed by atoms with Crippen LogP contribution in [0.2, 0.25) is 0 Å². The molecule has 4 nitrogen and oxygen atoms in total. The maximum Gasteiger partial charge on any atom is 0.339 e. The molecule has 1 aliphatic carbocycles. The van der Waals surface area contributed by atoms with Crippen LogP contribution in [-0.2, 0) is 16.1 Å². The molecule has 4 heteroatoms. The van der Waals surface area contributed by atoms with Crippen LogP contribution in [0, 0.1) is 0 Å². The van der Waals surface area contributed by atoms with Gasteiger partial charge < -0.3 is 14.4 Å². The van der Waals surface area contributed by atoms with Crippen molar-refractivity contribution in [2.45, 2.75) is 31.4 Å². The van der Waals surface area contributed by atoms with Crippen molar-refractivity contribution in [3.63, 3.8) is 0 Å². The Morgan fingerprint density at radius 3 is 2.64 bits per heavy atom. The molecule has 3 aromatic rings.